The first-order chi connectivity index (χ1) is 7.14. The first-order valence-corrected chi connectivity index (χ1v) is 5.56. The zero-order valence-corrected chi connectivity index (χ0v) is 10.0. The monoisotopic (exact) mass is 217 g/mol. The van der Waals surface area contributed by atoms with Crippen molar-refractivity contribution in [1.82, 2.24) is 5.32 Å². The van der Waals surface area contributed by atoms with Crippen molar-refractivity contribution in [2.75, 3.05) is 20.3 Å². The molecule has 0 bridgehead atoms. The molecule has 0 aliphatic carbocycles. The number of esters is 1. The second-order valence-corrected chi connectivity index (χ2v) is 3.75. The van der Waals surface area contributed by atoms with Gasteiger partial charge in [-0.3, -0.25) is 4.79 Å². The van der Waals surface area contributed by atoms with Crippen LogP contribution in [0, 0.1) is 0 Å². The number of hydrogen-bond acceptors (Lipinski definition) is 4. The average Bonchev–Trinajstić information content (AvgIpc) is 2.30. The molecule has 0 saturated heterocycles. The number of hydrogen-bond donors (Lipinski definition) is 2. The summed E-state index contributed by atoms with van der Waals surface area (Å²) in [5, 5.41) is 12.6. The molecule has 0 unspecified atom stereocenters. The predicted molar refractivity (Wildman–Crippen MR) is 59.7 cm³/mol. The number of ether oxygens (including phenoxy) is 1. The number of rotatable bonds is 8. The fraction of sp³-hybridized carbons (Fsp3) is 0.909. The summed E-state index contributed by atoms with van der Waals surface area (Å²) in [5.74, 6) is -0.181. The number of methoxy groups -OCH3 is 1. The van der Waals surface area contributed by atoms with Crippen LogP contribution in [0.4, 0.5) is 0 Å². The lowest BCUT2D eigenvalue weighted by Crippen LogP contribution is -2.47. The Labute approximate surface area is 92.0 Å². The molecule has 0 amide bonds. The minimum atomic E-state index is -0.184. The van der Waals surface area contributed by atoms with Crippen LogP contribution in [-0.4, -0.2) is 36.9 Å². The summed E-state index contributed by atoms with van der Waals surface area (Å²) in [4.78, 5) is 10.8. The fourth-order valence-electron chi connectivity index (χ4n) is 1.47. The normalized spacial score (nSPS) is 11.5. The lowest BCUT2D eigenvalue weighted by atomic mass is 9.94. The number of carbonyl (C=O) groups excluding carboxylic acids is 1. The van der Waals surface area contributed by atoms with Gasteiger partial charge in [-0.2, -0.15) is 0 Å². The highest BCUT2D eigenvalue weighted by Gasteiger charge is 2.23. The minimum absolute atomic E-state index is 0.137. The molecule has 0 saturated carbocycles. The van der Waals surface area contributed by atoms with Crippen LogP contribution in [0.5, 0.6) is 0 Å². The van der Waals surface area contributed by atoms with E-state index in [0.29, 0.717) is 6.42 Å². The molecule has 0 atom stereocenters. The second-order valence-electron chi connectivity index (χ2n) is 3.75. The number of aliphatic hydroxyl groups is 1. The van der Waals surface area contributed by atoms with Gasteiger partial charge in [-0.15, -0.1) is 0 Å². The summed E-state index contributed by atoms with van der Waals surface area (Å²) >= 11 is 0. The predicted octanol–water partition coefficient (Wildman–Crippen LogP) is 1.08. The maximum absolute atomic E-state index is 10.8. The molecule has 4 nitrogen and oxygen atoms in total. The van der Waals surface area contributed by atoms with Gasteiger partial charge in [0.05, 0.1) is 13.7 Å². The zero-order valence-electron chi connectivity index (χ0n) is 10.0. The lowest BCUT2D eigenvalue weighted by Gasteiger charge is -2.30. The molecule has 0 aliphatic rings. The molecule has 4 heteroatoms. The highest BCUT2D eigenvalue weighted by molar-refractivity contribution is 5.69. The van der Waals surface area contributed by atoms with E-state index in [9.17, 15) is 9.90 Å². The maximum Gasteiger partial charge on any atom is 0.305 e. The van der Waals surface area contributed by atoms with Crippen LogP contribution < -0.4 is 5.32 Å². The van der Waals surface area contributed by atoms with Gasteiger partial charge < -0.3 is 15.2 Å². The Balaban J connectivity index is 3.76. The molecule has 0 spiro atoms. The van der Waals surface area contributed by atoms with E-state index in [0.717, 1.165) is 25.8 Å². The average molecular weight is 217 g/mol. The maximum atomic E-state index is 10.8. The molecule has 0 aromatic carbocycles. The molecular weight excluding hydrogens is 194 g/mol. The number of nitrogens with one attached hydrogen (secondary N) is 1. The first-order valence-electron chi connectivity index (χ1n) is 5.56. The van der Waals surface area contributed by atoms with Crippen molar-refractivity contribution in [2.45, 2.75) is 45.1 Å². The summed E-state index contributed by atoms with van der Waals surface area (Å²) in [6.07, 6.45) is 2.95. The quantitative estimate of drug-likeness (QED) is 0.472. The van der Waals surface area contributed by atoms with Crippen molar-refractivity contribution in [3.05, 3.63) is 0 Å². The van der Waals surface area contributed by atoms with Crippen molar-refractivity contribution in [3.63, 3.8) is 0 Å². The molecule has 0 rings (SSSR count). The van der Waals surface area contributed by atoms with E-state index in [1.54, 1.807) is 0 Å². The molecule has 0 heterocycles. The Morgan fingerprint density at radius 3 is 2.40 bits per heavy atom. The van der Waals surface area contributed by atoms with Crippen LogP contribution in [0.3, 0.4) is 0 Å². The smallest absolute Gasteiger partial charge is 0.305 e. The van der Waals surface area contributed by atoms with Crippen molar-refractivity contribution in [3.8, 4) is 0 Å². The van der Waals surface area contributed by atoms with Crippen LogP contribution in [-0.2, 0) is 9.53 Å². The van der Waals surface area contributed by atoms with Gasteiger partial charge in [-0.05, 0) is 25.8 Å². The molecule has 0 aromatic heterocycles. The van der Waals surface area contributed by atoms with E-state index in [2.05, 4.69) is 10.1 Å². The van der Waals surface area contributed by atoms with Crippen LogP contribution in [0.1, 0.15) is 39.5 Å². The Bertz CT molecular complexity index is 170. The molecule has 0 aromatic rings. The molecule has 90 valence electrons. The topological polar surface area (TPSA) is 58.6 Å². The van der Waals surface area contributed by atoms with Gasteiger partial charge in [0, 0.05) is 12.0 Å². The van der Waals surface area contributed by atoms with Gasteiger partial charge >= 0.3 is 5.97 Å². The van der Waals surface area contributed by atoms with Gasteiger partial charge in [0.15, 0.2) is 0 Å². The minimum Gasteiger partial charge on any atom is -0.469 e. The van der Waals surface area contributed by atoms with E-state index < -0.39 is 0 Å². The summed E-state index contributed by atoms with van der Waals surface area (Å²) in [5.41, 5.74) is -0.184. The Morgan fingerprint density at radius 1 is 1.40 bits per heavy atom. The van der Waals surface area contributed by atoms with Crippen molar-refractivity contribution < 1.29 is 14.6 Å². The summed E-state index contributed by atoms with van der Waals surface area (Å²) in [6, 6.07) is 0. The Morgan fingerprint density at radius 2 is 2.00 bits per heavy atom. The van der Waals surface area contributed by atoms with Crippen LogP contribution in [0.2, 0.25) is 0 Å². The number of aliphatic hydroxyl groups excluding tert-OH is 1. The second kappa shape index (κ2) is 7.65. The zero-order chi connectivity index (χ0) is 11.7. The van der Waals surface area contributed by atoms with Gasteiger partial charge in [-0.1, -0.05) is 13.8 Å². The standard InChI is InChI=1S/C11H23NO3/c1-4-11(5-2,9-13)12-8-6-7-10(14)15-3/h12-13H,4-9H2,1-3H3. The highest BCUT2D eigenvalue weighted by atomic mass is 16.5. The molecule has 2 N–H and O–H groups in total. The molecule has 0 fully saturated rings. The third-order valence-corrected chi connectivity index (χ3v) is 2.94. The van der Waals surface area contributed by atoms with Crippen LogP contribution >= 0.6 is 0 Å². The summed E-state index contributed by atoms with van der Waals surface area (Å²) in [7, 11) is 1.39. The first kappa shape index (κ1) is 14.4. The van der Waals surface area contributed by atoms with Crippen molar-refractivity contribution in [1.29, 1.82) is 0 Å². The van der Waals surface area contributed by atoms with E-state index in [4.69, 9.17) is 0 Å². The lowest BCUT2D eigenvalue weighted by molar-refractivity contribution is -0.140. The molecular formula is C11H23NO3. The third kappa shape index (κ3) is 5.14. The highest BCUT2D eigenvalue weighted by Crippen LogP contribution is 2.13. The van der Waals surface area contributed by atoms with Gasteiger partial charge in [0.25, 0.3) is 0 Å². The van der Waals surface area contributed by atoms with Gasteiger partial charge in [0.1, 0.15) is 0 Å². The summed E-state index contributed by atoms with van der Waals surface area (Å²) in [6.45, 7) is 4.97. The molecule has 15 heavy (non-hydrogen) atoms. The van der Waals surface area contributed by atoms with Crippen molar-refractivity contribution >= 4 is 5.97 Å². The van der Waals surface area contributed by atoms with E-state index in [-0.39, 0.29) is 18.1 Å². The Hall–Kier alpha value is -0.610. The fourth-order valence-corrected chi connectivity index (χ4v) is 1.47. The molecule has 0 radical (unpaired) electrons. The summed E-state index contributed by atoms with van der Waals surface area (Å²) < 4.78 is 4.55. The van der Waals surface area contributed by atoms with E-state index in [1.807, 2.05) is 13.8 Å². The SMILES string of the molecule is CCC(CC)(CO)NCCCC(=O)OC. The van der Waals surface area contributed by atoms with Crippen LogP contribution in [0.15, 0.2) is 0 Å². The van der Waals surface area contributed by atoms with Gasteiger partial charge in [0.2, 0.25) is 0 Å². The van der Waals surface area contributed by atoms with Gasteiger partial charge in [-0.25, -0.2) is 0 Å². The van der Waals surface area contributed by atoms with Crippen molar-refractivity contribution in [2.24, 2.45) is 0 Å². The Kier molecular flexibility index (Phi) is 7.34. The number of carbonyl (C=O) groups is 1. The van der Waals surface area contributed by atoms with Crippen LogP contribution in [0.25, 0.3) is 0 Å². The molecule has 0 aliphatic heterocycles. The largest absolute Gasteiger partial charge is 0.469 e. The third-order valence-electron chi connectivity index (χ3n) is 2.94. The van der Waals surface area contributed by atoms with E-state index in [1.165, 1.54) is 7.11 Å². The van der Waals surface area contributed by atoms with E-state index >= 15 is 0 Å².